The Balaban J connectivity index is 2.63. The summed E-state index contributed by atoms with van der Waals surface area (Å²) in [6.45, 7) is 4.66. The Kier molecular flexibility index (Phi) is 6.82. The number of halogens is 3. The van der Waals surface area contributed by atoms with E-state index in [2.05, 4.69) is 9.97 Å². The molecule has 1 heterocycles. The highest BCUT2D eigenvalue weighted by molar-refractivity contribution is 7.90. The Labute approximate surface area is 143 Å². The first-order valence-corrected chi connectivity index (χ1v) is 8.81. The summed E-state index contributed by atoms with van der Waals surface area (Å²) < 4.78 is 65.2. The number of amides is 1. The summed E-state index contributed by atoms with van der Waals surface area (Å²) in [5.41, 5.74) is -5.52. The fraction of sp³-hybridized carbons (Fsp3) is 0.692. The number of rotatable bonds is 7. The van der Waals surface area contributed by atoms with Gasteiger partial charge in [0.2, 0.25) is 0 Å². The van der Waals surface area contributed by atoms with Crippen LogP contribution in [-0.2, 0) is 21.3 Å². The number of ether oxygens (including phenoxy) is 1. The normalized spacial score (nSPS) is 12.9. The molecular formula is C13H21F3N4O4S. The number of H-pyrrole nitrogens is 1. The predicted molar refractivity (Wildman–Crippen MR) is 82.8 cm³/mol. The number of hydrogen-bond donors (Lipinski definition) is 2. The van der Waals surface area contributed by atoms with Gasteiger partial charge in [0.15, 0.2) is 0 Å². The summed E-state index contributed by atoms with van der Waals surface area (Å²) in [5.74, 6) is 0. The number of imidazole rings is 1. The molecule has 0 unspecified atom stereocenters. The Morgan fingerprint density at radius 1 is 1.36 bits per heavy atom. The van der Waals surface area contributed by atoms with Gasteiger partial charge in [-0.2, -0.15) is 13.2 Å². The van der Waals surface area contributed by atoms with E-state index in [1.165, 1.54) is 22.1 Å². The maximum atomic E-state index is 12.2. The number of nitrogens with zero attached hydrogens (tertiary/aromatic N) is 2. The van der Waals surface area contributed by atoms with Crippen molar-refractivity contribution in [3.63, 3.8) is 0 Å². The van der Waals surface area contributed by atoms with Crippen molar-refractivity contribution >= 4 is 16.1 Å². The van der Waals surface area contributed by atoms with Crippen LogP contribution in [0.3, 0.4) is 0 Å². The molecule has 0 aliphatic heterocycles. The van der Waals surface area contributed by atoms with E-state index in [9.17, 15) is 26.4 Å². The van der Waals surface area contributed by atoms with E-state index in [-0.39, 0.29) is 19.5 Å². The topological polar surface area (TPSA) is 104 Å². The molecule has 0 saturated carbocycles. The van der Waals surface area contributed by atoms with E-state index in [1.54, 1.807) is 20.8 Å². The summed E-state index contributed by atoms with van der Waals surface area (Å²) in [4.78, 5) is 20.0. The first kappa shape index (κ1) is 21.2. The number of alkyl halides is 3. The lowest BCUT2D eigenvalue weighted by Crippen LogP contribution is -2.40. The fourth-order valence-corrected chi connectivity index (χ4v) is 2.27. The van der Waals surface area contributed by atoms with Crippen LogP contribution in [-0.4, -0.2) is 53.6 Å². The molecule has 0 aliphatic rings. The van der Waals surface area contributed by atoms with Crippen LogP contribution in [0.1, 0.15) is 32.9 Å². The van der Waals surface area contributed by atoms with Crippen LogP contribution < -0.4 is 4.72 Å². The van der Waals surface area contributed by atoms with Crippen molar-refractivity contribution in [2.45, 2.75) is 44.8 Å². The molecule has 1 amide bonds. The van der Waals surface area contributed by atoms with E-state index in [4.69, 9.17) is 4.74 Å². The van der Waals surface area contributed by atoms with Gasteiger partial charge in [-0.25, -0.2) is 22.9 Å². The third-order valence-corrected chi connectivity index (χ3v) is 3.96. The van der Waals surface area contributed by atoms with Gasteiger partial charge in [0.25, 0.3) is 0 Å². The lowest BCUT2D eigenvalue weighted by atomic mass is 10.2. The molecule has 0 bridgehead atoms. The minimum Gasteiger partial charge on any atom is -0.444 e. The predicted octanol–water partition coefficient (Wildman–Crippen LogP) is 1.98. The highest BCUT2D eigenvalue weighted by Gasteiger charge is 2.45. The standard InChI is InChI=1S/C13H21F3N4O4S/c1-12(2,3)24-11(21)20(8-10-7-17-9-18-10)6-4-5-19-25(22,23)13(14,15)16/h7,9,19H,4-6,8H2,1-3H3,(H,17,18). The van der Waals surface area contributed by atoms with Crippen LogP contribution in [0.5, 0.6) is 0 Å². The minimum absolute atomic E-state index is 0.00564. The highest BCUT2D eigenvalue weighted by Crippen LogP contribution is 2.21. The molecule has 0 atom stereocenters. The van der Waals surface area contributed by atoms with Crippen molar-refractivity contribution < 1.29 is 31.1 Å². The van der Waals surface area contributed by atoms with Crippen LogP contribution in [0.2, 0.25) is 0 Å². The van der Waals surface area contributed by atoms with Gasteiger partial charge < -0.3 is 14.6 Å². The van der Waals surface area contributed by atoms with Gasteiger partial charge in [0.1, 0.15) is 5.60 Å². The van der Waals surface area contributed by atoms with E-state index < -0.39 is 33.8 Å². The van der Waals surface area contributed by atoms with E-state index in [0.29, 0.717) is 5.69 Å². The number of hydrogen-bond acceptors (Lipinski definition) is 5. The van der Waals surface area contributed by atoms with Gasteiger partial charge in [-0.1, -0.05) is 0 Å². The summed E-state index contributed by atoms with van der Waals surface area (Å²) >= 11 is 0. The van der Waals surface area contributed by atoms with Crippen LogP contribution in [0, 0.1) is 0 Å². The van der Waals surface area contributed by atoms with Crippen molar-refractivity contribution in [3.8, 4) is 0 Å². The molecule has 8 nitrogen and oxygen atoms in total. The molecule has 0 aliphatic carbocycles. The smallest absolute Gasteiger partial charge is 0.444 e. The minimum atomic E-state index is -5.40. The average Bonchev–Trinajstić information content (AvgIpc) is 2.91. The van der Waals surface area contributed by atoms with E-state index in [1.807, 2.05) is 0 Å². The van der Waals surface area contributed by atoms with E-state index >= 15 is 0 Å². The van der Waals surface area contributed by atoms with Gasteiger partial charge >= 0.3 is 21.6 Å². The molecule has 0 fully saturated rings. The average molecular weight is 386 g/mol. The SMILES string of the molecule is CC(C)(C)OC(=O)N(CCCNS(=O)(=O)C(F)(F)F)Cc1cnc[nH]1. The molecule has 144 valence electrons. The van der Waals surface area contributed by atoms with Gasteiger partial charge in [-0.3, -0.25) is 0 Å². The number of sulfonamides is 1. The molecule has 0 spiro atoms. The van der Waals surface area contributed by atoms with Crippen molar-refractivity contribution in [3.05, 3.63) is 18.2 Å². The molecule has 0 radical (unpaired) electrons. The third kappa shape index (κ3) is 7.30. The molecule has 1 aromatic rings. The number of carbonyl (C=O) groups is 1. The van der Waals surface area contributed by atoms with Crippen molar-refractivity contribution in [1.29, 1.82) is 0 Å². The fourth-order valence-electron chi connectivity index (χ4n) is 1.70. The largest absolute Gasteiger partial charge is 0.511 e. The van der Waals surface area contributed by atoms with Crippen molar-refractivity contribution in [2.24, 2.45) is 0 Å². The first-order chi connectivity index (χ1) is 11.3. The van der Waals surface area contributed by atoms with E-state index in [0.717, 1.165) is 0 Å². The summed E-state index contributed by atoms with van der Waals surface area (Å²) in [7, 11) is -5.40. The second-order valence-electron chi connectivity index (χ2n) is 6.18. The van der Waals surface area contributed by atoms with Gasteiger partial charge in [-0.05, 0) is 27.2 Å². The van der Waals surface area contributed by atoms with Gasteiger partial charge in [-0.15, -0.1) is 0 Å². The van der Waals surface area contributed by atoms with Gasteiger partial charge in [0, 0.05) is 19.3 Å². The number of carbonyl (C=O) groups excluding carboxylic acids is 1. The van der Waals surface area contributed by atoms with Gasteiger partial charge in [0.05, 0.1) is 18.6 Å². The first-order valence-electron chi connectivity index (χ1n) is 7.33. The summed E-state index contributed by atoms with van der Waals surface area (Å²) in [6, 6.07) is 0. The maximum absolute atomic E-state index is 12.2. The Hall–Kier alpha value is -1.82. The number of aromatic amines is 1. The zero-order valence-electron chi connectivity index (χ0n) is 14.1. The number of nitrogens with one attached hydrogen (secondary N) is 2. The summed E-state index contributed by atoms with van der Waals surface area (Å²) in [5, 5.41) is 0. The Bertz CT molecular complexity index is 654. The monoisotopic (exact) mass is 386 g/mol. The summed E-state index contributed by atoms with van der Waals surface area (Å²) in [6.07, 6.45) is 2.22. The Morgan fingerprint density at radius 2 is 2.00 bits per heavy atom. The van der Waals surface area contributed by atoms with Crippen LogP contribution >= 0.6 is 0 Å². The molecule has 25 heavy (non-hydrogen) atoms. The number of aromatic nitrogens is 2. The molecule has 1 aromatic heterocycles. The second-order valence-corrected chi connectivity index (χ2v) is 7.93. The van der Waals surface area contributed by atoms with Crippen LogP contribution in [0.4, 0.5) is 18.0 Å². The zero-order chi connectivity index (χ0) is 19.3. The molecule has 12 heteroatoms. The molecule has 0 saturated heterocycles. The Morgan fingerprint density at radius 3 is 2.48 bits per heavy atom. The zero-order valence-corrected chi connectivity index (χ0v) is 14.9. The van der Waals surface area contributed by atoms with Crippen molar-refractivity contribution in [2.75, 3.05) is 13.1 Å². The van der Waals surface area contributed by atoms with Crippen molar-refractivity contribution in [1.82, 2.24) is 19.6 Å². The molecule has 0 aromatic carbocycles. The lowest BCUT2D eigenvalue weighted by molar-refractivity contribution is -0.0448. The molecule has 1 rings (SSSR count). The lowest BCUT2D eigenvalue weighted by Gasteiger charge is -2.27. The van der Waals surface area contributed by atoms with Crippen LogP contribution in [0.25, 0.3) is 0 Å². The highest BCUT2D eigenvalue weighted by atomic mass is 32.2. The van der Waals surface area contributed by atoms with Crippen LogP contribution in [0.15, 0.2) is 12.5 Å². The quantitative estimate of drug-likeness (QED) is 0.698. The molecule has 2 N–H and O–H groups in total. The maximum Gasteiger partial charge on any atom is 0.511 e. The second kappa shape index (κ2) is 8.04. The third-order valence-electron chi connectivity index (χ3n) is 2.77. The molecular weight excluding hydrogens is 365 g/mol.